The smallest absolute Gasteiger partial charge is 0.234 e. The fourth-order valence-corrected chi connectivity index (χ4v) is 2.14. The number of nitrogens with zero attached hydrogens (tertiary/aromatic N) is 1. The Morgan fingerprint density at radius 1 is 1.60 bits per heavy atom. The number of nitrogens with one attached hydrogen (secondary N) is 1. The Morgan fingerprint density at radius 3 is 2.47 bits per heavy atom. The predicted octanol–water partition coefficient (Wildman–Crippen LogP) is 0.674. The van der Waals surface area contributed by atoms with Gasteiger partial charge in [-0.15, -0.1) is 0 Å². The van der Waals surface area contributed by atoms with Gasteiger partial charge in [0.15, 0.2) is 5.84 Å². The van der Waals surface area contributed by atoms with E-state index in [1.807, 2.05) is 20.8 Å². The maximum Gasteiger partial charge on any atom is 0.234 e. The van der Waals surface area contributed by atoms with E-state index in [-0.39, 0.29) is 17.8 Å². The quantitative estimate of drug-likeness (QED) is 0.279. The van der Waals surface area contributed by atoms with Crippen LogP contribution in [0.15, 0.2) is 5.16 Å². The van der Waals surface area contributed by atoms with Crippen molar-refractivity contribution in [2.45, 2.75) is 39.7 Å². The molecule has 1 fully saturated rings. The van der Waals surface area contributed by atoms with Crippen LogP contribution in [0.5, 0.6) is 0 Å². The number of amides is 1. The maximum atomic E-state index is 11.9. The molecule has 1 aliphatic carbocycles. The van der Waals surface area contributed by atoms with Crippen LogP contribution in [0, 0.1) is 11.3 Å². The molecule has 0 aliphatic heterocycles. The molecule has 0 unspecified atom stereocenters. The monoisotopic (exact) mass is 213 g/mol. The molecule has 5 heteroatoms. The van der Waals surface area contributed by atoms with Gasteiger partial charge in [0.05, 0.1) is 0 Å². The summed E-state index contributed by atoms with van der Waals surface area (Å²) in [5.74, 6) is 0.341. The normalized spacial score (nSPS) is 31.2. The van der Waals surface area contributed by atoms with Crippen LogP contribution in [-0.4, -0.2) is 23.0 Å². The number of hydrogen-bond acceptors (Lipinski definition) is 3. The van der Waals surface area contributed by atoms with E-state index >= 15 is 0 Å². The molecule has 0 aromatic carbocycles. The lowest BCUT2D eigenvalue weighted by Crippen LogP contribution is -2.57. The average Bonchev–Trinajstić information content (AvgIpc) is 2.09. The standard InChI is InChI=1S/C10H19N3O2/c1-6(2)12-9(14)10(8(11)13-15)4-7(3)5-10/h6-7,15H,4-5H2,1-3H3,(H2,11,13)(H,12,14). The van der Waals surface area contributed by atoms with E-state index in [2.05, 4.69) is 10.5 Å². The van der Waals surface area contributed by atoms with Crippen molar-refractivity contribution in [2.24, 2.45) is 22.2 Å². The van der Waals surface area contributed by atoms with E-state index in [1.165, 1.54) is 0 Å². The Kier molecular flexibility index (Phi) is 3.21. The molecular formula is C10H19N3O2. The third-order valence-corrected chi connectivity index (χ3v) is 2.85. The summed E-state index contributed by atoms with van der Waals surface area (Å²) in [5, 5.41) is 14.5. The number of hydrogen-bond donors (Lipinski definition) is 3. The average molecular weight is 213 g/mol. The zero-order valence-corrected chi connectivity index (χ0v) is 9.45. The second-order valence-corrected chi connectivity index (χ2v) is 4.71. The summed E-state index contributed by atoms with van der Waals surface area (Å²) in [6.45, 7) is 5.82. The highest BCUT2D eigenvalue weighted by Crippen LogP contribution is 2.45. The summed E-state index contributed by atoms with van der Waals surface area (Å²) < 4.78 is 0. The van der Waals surface area contributed by atoms with Crippen LogP contribution in [0.2, 0.25) is 0 Å². The van der Waals surface area contributed by atoms with Gasteiger partial charge in [-0.05, 0) is 32.6 Å². The van der Waals surface area contributed by atoms with Crippen molar-refractivity contribution < 1.29 is 10.0 Å². The van der Waals surface area contributed by atoms with Gasteiger partial charge in [0.1, 0.15) is 5.41 Å². The van der Waals surface area contributed by atoms with Gasteiger partial charge in [0.2, 0.25) is 5.91 Å². The first-order valence-electron chi connectivity index (χ1n) is 5.21. The molecule has 1 amide bonds. The summed E-state index contributed by atoms with van der Waals surface area (Å²) >= 11 is 0. The van der Waals surface area contributed by atoms with Gasteiger partial charge in [-0.25, -0.2) is 0 Å². The third kappa shape index (κ3) is 2.06. The van der Waals surface area contributed by atoms with Crippen molar-refractivity contribution in [1.29, 1.82) is 0 Å². The Bertz CT molecular complexity index is 280. The number of carbonyl (C=O) groups is 1. The summed E-state index contributed by atoms with van der Waals surface area (Å²) in [6, 6.07) is 0.0665. The van der Waals surface area contributed by atoms with E-state index in [4.69, 9.17) is 10.9 Å². The van der Waals surface area contributed by atoms with Crippen LogP contribution < -0.4 is 11.1 Å². The van der Waals surface area contributed by atoms with Crippen LogP contribution in [0.4, 0.5) is 0 Å². The van der Waals surface area contributed by atoms with Gasteiger partial charge in [-0.1, -0.05) is 12.1 Å². The van der Waals surface area contributed by atoms with Crippen LogP contribution in [0.1, 0.15) is 33.6 Å². The molecule has 0 aromatic rings. The highest BCUT2D eigenvalue weighted by atomic mass is 16.4. The molecule has 0 atom stereocenters. The van der Waals surface area contributed by atoms with Crippen LogP contribution in [0.3, 0.4) is 0 Å². The minimum atomic E-state index is -0.779. The molecule has 15 heavy (non-hydrogen) atoms. The molecule has 0 heterocycles. The van der Waals surface area contributed by atoms with Gasteiger partial charge in [0, 0.05) is 6.04 Å². The minimum Gasteiger partial charge on any atom is -0.409 e. The predicted molar refractivity (Wildman–Crippen MR) is 57.5 cm³/mol. The zero-order chi connectivity index (χ0) is 11.6. The molecule has 1 rings (SSSR count). The van der Waals surface area contributed by atoms with Crippen LogP contribution in [0.25, 0.3) is 0 Å². The lowest BCUT2D eigenvalue weighted by Gasteiger charge is -2.44. The molecule has 1 saturated carbocycles. The van der Waals surface area contributed by atoms with E-state index in [0.717, 1.165) is 0 Å². The molecular weight excluding hydrogens is 194 g/mol. The molecule has 0 spiro atoms. The number of nitrogens with two attached hydrogens (primary N) is 1. The van der Waals surface area contributed by atoms with E-state index in [9.17, 15) is 4.79 Å². The molecule has 86 valence electrons. The van der Waals surface area contributed by atoms with Crippen molar-refractivity contribution >= 4 is 11.7 Å². The Balaban J connectivity index is 2.80. The van der Waals surface area contributed by atoms with Gasteiger partial charge in [-0.3, -0.25) is 4.79 Å². The fourth-order valence-electron chi connectivity index (χ4n) is 2.14. The van der Waals surface area contributed by atoms with E-state index in [0.29, 0.717) is 18.8 Å². The number of amidine groups is 1. The minimum absolute atomic E-state index is 0.0266. The summed E-state index contributed by atoms with van der Waals surface area (Å²) in [5.41, 5.74) is 4.81. The first-order chi connectivity index (χ1) is 6.92. The molecule has 0 saturated heterocycles. The lowest BCUT2D eigenvalue weighted by molar-refractivity contribution is -0.133. The third-order valence-electron chi connectivity index (χ3n) is 2.85. The summed E-state index contributed by atoms with van der Waals surface area (Å²) in [6.07, 6.45) is 1.31. The SMILES string of the molecule is CC1CC(C(=O)NC(C)C)(C(N)=NO)C1. The molecule has 0 radical (unpaired) electrons. The highest BCUT2D eigenvalue weighted by Gasteiger charge is 2.52. The molecule has 4 N–H and O–H groups in total. The summed E-state index contributed by atoms with van der Waals surface area (Å²) in [4.78, 5) is 11.9. The first-order valence-corrected chi connectivity index (χ1v) is 5.21. The van der Waals surface area contributed by atoms with Crippen LogP contribution in [-0.2, 0) is 4.79 Å². The van der Waals surface area contributed by atoms with Crippen molar-refractivity contribution in [3.63, 3.8) is 0 Å². The van der Waals surface area contributed by atoms with Crippen molar-refractivity contribution in [3.05, 3.63) is 0 Å². The van der Waals surface area contributed by atoms with Gasteiger partial charge < -0.3 is 16.3 Å². The Morgan fingerprint density at radius 2 is 2.13 bits per heavy atom. The Hall–Kier alpha value is -1.26. The highest BCUT2D eigenvalue weighted by molar-refractivity contribution is 6.07. The molecule has 0 aromatic heterocycles. The molecule has 5 nitrogen and oxygen atoms in total. The summed E-state index contributed by atoms with van der Waals surface area (Å²) in [7, 11) is 0. The maximum absolute atomic E-state index is 11.9. The van der Waals surface area contributed by atoms with Crippen LogP contribution >= 0.6 is 0 Å². The molecule has 1 aliphatic rings. The largest absolute Gasteiger partial charge is 0.409 e. The topological polar surface area (TPSA) is 87.7 Å². The Labute approximate surface area is 89.7 Å². The van der Waals surface area contributed by atoms with Gasteiger partial charge in [0.25, 0.3) is 0 Å². The fraction of sp³-hybridized carbons (Fsp3) is 0.800. The van der Waals surface area contributed by atoms with E-state index < -0.39 is 5.41 Å². The van der Waals surface area contributed by atoms with Gasteiger partial charge >= 0.3 is 0 Å². The second-order valence-electron chi connectivity index (χ2n) is 4.71. The first kappa shape index (κ1) is 11.8. The van der Waals surface area contributed by atoms with Crippen molar-refractivity contribution in [1.82, 2.24) is 5.32 Å². The van der Waals surface area contributed by atoms with Gasteiger partial charge in [-0.2, -0.15) is 0 Å². The molecule has 0 bridgehead atoms. The number of rotatable bonds is 3. The number of carbonyl (C=O) groups excluding carboxylic acids is 1. The van der Waals surface area contributed by atoms with Crippen molar-refractivity contribution in [2.75, 3.05) is 0 Å². The van der Waals surface area contributed by atoms with Crippen molar-refractivity contribution in [3.8, 4) is 0 Å². The zero-order valence-electron chi connectivity index (χ0n) is 9.45. The lowest BCUT2D eigenvalue weighted by atomic mass is 9.61. The van der Waals surface area contributed by atoms with E-state index in [1.54, 1.807) is 0 Å². The second kappa shape index (κ2) is 4.08. The number of oxime groups is 1.